The second-order valence-electron chi connectivity index (χ2n) is 5.50. The average molecular weight is 349 g/mol. The first kappa shape index (κ1) is 25.4. The molecule has 0 amide bonds. The maximum absolute atomic E-state index is 12.9. The van der Waals surface area contributed by atoms with Crippen LogP contribution in [0.3, 0.4) is 0 Å². The molecule has 0 unspecified atom stereocenters. The van der Waals surface area contributed by atoms with E-state index in [0.717, 1.165) is 12.4 Å². The van der Waals surface area contributed by atoms with Gasteiger partial charge in [0.15, 0.2) is 0 Å². The van der Waals surface area contributed by atoms with Gasteiger partial charge in [0, 0.05) is 0 Å². The molecular formula is C23H37FO. The van der Waals surface area contributed by atoms with Crippen molar-refractivity contribution < 1.29 is 9.13 Å². The largest absolute Gasteiger partial charge is 0.499 e. The van der Waals surface area contributed by atoms with Crippen LogP contribution in [0.5, 0.6) is 0 Å². The molecule has 25 heavy (non-hydrogen) atoms. The Morgan fingerprint density at radius 2 is 1.72 bits per heavy atom. The molecule has 2 heteroatoms. The highest BCUT2D eigenvalue weighted by molar-refractivity contribution is 5.20. The zero-order valence-corrected chi connectivity index (χ0v) is 16.7. The van der Waals surface area contributed by atoms with Gasteiger partial charge in [-0.05, 0) is 50.3 Å². The zero-order valence-electron chi connectivity index (χ0n) is 16.7. The van der Waals surface area contributed by atoms with Crippen LogP contribution in [0, 0.1) is 5.82 Å². The van der Waals surface area contributed by atoms with Crippen LogP contribution in [0.25, 0.3) is 0 Å². The van der Waals surface area contributed by atoms with Gasteiger partial charge in [0.05, 0.1) is 12.4 Å². The Hall–Kier alpha value is -1.83. The third kappa shape index (κ3) is 15.4. The second kappa shape index (κ2) is 18.5. The number of halogens is 1. The molecule has 0 N–H and O–H groups in total. The lowest BCUT2D eigenvalue weighted by molar-refractivity contribution is 0.233. The summed E-state index contributed by atoms with van der Waals surface area (Å²) in [5.41, 5.74) is 1.19. The van der Waals surface area contributed by atoms with E-state index >= 15 is 0 Å². The minimum absolute atomic E-state index is 0.0944. The summed E-state index contributed by atoms with van der Waals surface area (Å²) < 4.78 is 17.8. The van der Waals surface area contributed by atoms with Gasteiger partial charge < -0.3 is 4.74 Å². The number of rotatable bonds is 4. The Bertz CT molecular complexity index is 453. The first-order valence-electron chi connectivity index (χ1n) is 9.32. The molecule has 0 spiro atoms. The van der Waals surface area contributed by atoms with E-state index in [4.69, 9.17) is 4.74 Å². The van der Waals surface area contributed by atoms with E-state index in [1.54, 1.807) is 18.2 Å². The van der Waals surface area contributed by atoms with E-state index in [2.05, 4.69) is 25.8 Å². The Morgan fingerprint density at radius 3 is 2.08 bits per heavy atom. The van der Waals surface area contributed by atoms with Crippen LogP contribution >= 0.6 is 0 Å². The molecule has 142 valence electrons. The SMILES string of the molecule is C=C(C)OCC.C=CC=C.CC.Fc1cccc(C2CCCCC2)c1. The highest BCUT2D eigenvalue weighted by Gasteiger charge is 2.15. The fourth-order valence-electron chi connectivity index (χ4n) is 2.44. The van der Waals surface area contributed by atoms with E-state index in [1.807, 2.05) is 33.8 Å². The van der Waals surface area contributed by atoms with Gasteiger partial charge in [-0.3, -0.25) is 0 Å². The molecule has 0 radical (unpaired) electrons. The van der Waals surface area contributed by atoms with E-state index < -0.39 is 0 Å². The Kier molecular flexibility index (Phi) is 18.8. The molecule has 1 aliphatic carbocycles. The summed E-state index contributed by atoms with van der Waals surface area (Å²) in [7, 11) is 0. The molecular weight excluding hydrogens is 311 g/mol. The van der Waals surface area contributed by atoms with Gasteiger partial charge in [0.1, 0.15) is 5.82 Å². The van der Waals surface area contributed by atoms with Gasteiger partial charge >= 0.3 is 0 Å². The van der Waals surface area contributed by atoms with Crippen LogP contribution in [-0.4, -0.2) is 6.61 Å². The van der Waals surface area contributed by atoms with Crippen molar-refractivity contribution in [1.82, 2.24) is 0 Å². The zero-order chi connectivity index (χ0) is 19.5. The minimum atomic E-state index is -0.0944. The van der Waals surface area contributed by atoms with Crippen LogP contribution in [0.2, 0.25) is 0 Å². The van der Waals surface area contributed by atoms with Crippen molar-refractivity contribution in [3.8, 4) is 0 Å². The predicted molar refractivity (Wildman–Crippen MR) is 110 cm³/mol. The van der Waals surface area contributed by atoms with Gasteiger partial charge in [-0.1, -0.05) is 77.1 Å². The smallest absolute Gasteiger partial charge is 0.123 e. The average Bonchev–Trinajstić information content (AvgIpc) is 2.65. The number of hydrogen-bond donors (Lipinski definition) is 0. The molecule has 1 aromatic rings. The summed E-state index contributed by atoms with van der Waals surface area (Å²) in [6.07, 6.45) is 9.72. The van der Waals surface area contributed by atoms with E-state index in [1.165, 1.54) is 43.7 Å². The molecule has 0 aromatic heterocycles. The van der Waals surface area contributed by atoms with Crippen LogP contribution in [0.15, 0.2) is 61.9 Å². The highest BCUT2D eigenvalue weighted by Crippen LogP contribution is 2.32. The molecule has 0 bridgehead atoms. The first-order chi connectivity index (χ1) is 12.0. The van der Waals surface area contributed by atoms with Crippen molar-refractivity contribution in [2.75, 3.05) is 6.61 Å². The molecule has 0 atom stereocenters. The van der Waals surface area contributed by atoms with E-state index in [9.17, 15) is 4.39 Å². The van der Waals surface area contributed by atoms with Crippen molar-refractivity contribution in [3.63, 3.8) is 0 Å². The summed E-state index contributed by atoms with van der Waals surface area (Å²) >= 11 is 0. The van der Waals surface area contributed by atoms with Crippen molar-refractivity contribution in [2.24, 2.45) is 0 Å². The maximum Gasteiger partial charge on any atom is 0.123 e. The van der Waals surface area contributed by atoms with Crippen LogP contribution in [0.4, 0.5) is 4.39 Å². The van der Waals surface area contributed by atoms with Gasteiger partial charge in [-0.2, -0.15) is 0 Å². The number of allylic oxidation sites excluding steroid dienone is 3. The molecule has 2 rings (SSSR count). The summed E-state index contributed by atoms with van der Waals surface area (Å²) in [6.45, 7) is 18.8. The van der Waals surface area contributed by atoms with E-state index in [0.29, 0.717) is 5.92 Å². The molecule has 0 heterocycles. The summed E-state index contributed by atoms with van der Waals surface area (Å²) in [5.74, 6) is 1.31. The quantitative estimate of drug-likeness (QED) is 0.398. The number of benzene rings is 1. The molecule has 0 saturated heterocycles. The lowest BCUT2D eigenvalue weighted by Gasteiger charge is -2.21. The molecule has 1 nitrogen and oxygen atoms in total. The maximum atomic E-state index is 12.9. The third-order valence-electron chi connectivity index (χ3n) is 3.48. The topological polar surface area (TPSA) is 9.23 Å². The molecule has 1 fully saturated rings. The normalized spacial score (nSPS) is 12.7. The van der Waals surface area contributed by atoms with Crippen molar-refractivity contribution in [2.45, 2.75) is 65.7 Å². The van der Waals surface area contributed by atoms with Gasteiger partial charge in [0.25, 0.3) is 0 Å². The molecule has 0 aliphatic heterocycles. The lowest BCUT2D eigenvalue weighted by Crippen LogP contribution is -2.04. The summed E-state index contributed by atoms with van der Waals surface area (Å²) in [4.78, 5) is 0. The number of ether oxygens (including phenoxy) is 1. The fraction of sp³-hybridized carbons (Fsp3) is 0.478. The summed E-state index contributed by atoms with van der Waals surface area (Å²) in [6, 6.07) is 7.08. The second-order valence-corrected chi connectivity index (χ2v) is 5.50. The molecule has 1 saturated carbocycles. The van der Waals surface area contributed by atoms with Gasteiger partial charge in [-0.15, -0.1) is 0 Å². The third-order valence-corrected chi connectivity index (χ3v) is 3.48. The fourth-order valence-corrected chi connectivity index (χ4v) is 2.44. The minimum Gasteiger partial charge on any atom is -0.499 e. The highest BCUT2D eigenvalue weighted by atomic mass is 19.1. The summed E-state index contributed by atoms with van der Waals surface area (Å²) in [5, 5.41) is 0. The van der Waals surface area contributed by atoms with Crippen molar-refractivity contribution >= 4 is 0 Å². The molecule has 1 aliphatic rings. The van der Waals surface area contributed by atoms with Crippen molar-refractivity contribution in [3.05, 3.63) is 73.3 Å². The molecule has 1 aromatic carbocycles. The first-order valence-corrected chi connectivity index (χ1v) is 9.32. The van der Waals surface area contributed by atoms with Crippen LogP contribution < -0.4 is 0 Å². The van der Waals surface area contributed by atoms with Crippen molar-refractivity contribution in [1.29, 1.82) is 0 Å². The lowest BCUT2D eigenvalue weighted by atomic mass is 9.84. The van der Waals surface area contributed by atoms with Crippen LogP contribution in [0.1, 0.15) is 71.3 Å². The van der Waals surface area contributed by atoms with E-state index in [-0.39, 0.29) is 5.82 Å². The number of hydrogen-bond acceptors (Lipinski definition) is 1. The Labute approximate surface area is 155 Å². The standard InChI is InChI=1S/C12H15F.C5H10O.C4H6.C2H6/c13-12-8-4-7-11(9-12)10-5-2-1-3-6-10;1-4-6-5(2)3;1-3-4-2;1-2/h4,7-10H,1-3,5-6H2;2,4H2,1,3H3;3-4H,1-2H2;1-2H3. The monoisotopic (exact) mass is 348 g/mol. The predicted octanol–water partition coefficient (Wildman–Crippen LogP) is 7.81. The van der Waals surface area contributed by atoms with Gasteiger partial charge in [-0.25, -0.2) is 4.39 Å². The Balaban J connectivity index is 0. The van der Waals surface area contributed by atoms with Gasteiger partial charge in [0.2, 0.25) is 0 Å². The van der Waals surface area contributed by atoms with Crippen LogP contribution in [-0.2, 0) is 4.74 Å². The Morgan fingerprint density at radius 1 is 1.16 bits per heavy atom.